The molecule has 1 aromatic rings. The van der Waals surface area contributed by atoms with Gasteiger partial charge in [0.2, 0.25) is 0 Å². The molecule has 1 aliphatic carbocycles. The molecule has 0 unspecified atom stereocenters. The van der Waals surface area contributed by atoms with E-state index in [4.69, 9.17) is 11.5 Å². The smallest absolute Gasteiger partial charge is 0.0503 e. The predicted octanol–water partition coefficient (Wildman–Crippen LogP) is 1.46. The molecule has 4 N–H and O–H groups in total. The highest BCUT2D eigenvalue weighted by Crippen LogP contribution is 2.36. The molecule has 0 radical (unpaired) electrons. The van der Waals surface area contributed by atoms with Gasteiger partial charge in [0.05, 0.1) is 5.69 Å². The number of aromatic nitrogens is 1. The Bertz CT molecular complexity index is 294. The Morgan fingerprint density at radius 3 is 2.85 bits per heavy atom. The van der Waals surface area contributed by atoms with E-state index in [-0.39, 0.29) is 6.04 Å². The third-order valence-corrected chi connectivity index (χ3v) is 2.49. The molecule has 13 heavy (non-hydrogen) atoms. The standard InChI is InChI=1S/C10H15N3/c11-9-4-8(5-13-6-9)10(12)3-7-1-2-7/h4-7,10H,1-3,11-12H2/t10-/m1/s1. The summed E-state index contributed by atoms with van der Waals surface area (Å²) in [5.41, 5.74) is 13.4. The van der Waals surface area contributed by atoms with Crippen molar-refractivity contribution in [2.24, 2.45) is 11.7 Å². The number of anilines is 1. The van der Waals surface area contributed by atoms with Gasteiger partial charge in [-0.2, -0.15) is 0 Å². The predicted molar refractivity (Wildman–Crippen MR) is 52.9 cm³/mol. The summed E-state index contributed by atoms with van der Waals surface area (Å²) in [4.78, 5) is 4.03. The van der Waals surface area contributed by atoms with Crippen molar-refractivity contribution in [1.82, 2.24) is 4.98 Å². The highest BCUT2D eigenvalue weighted by molar-refractivity contribution is 5.38. The summed E-state index contributed by atoms with van der Waals surface area (Å²) in [7, 11) is 0. The average molecular weight is 177 g/mol. The summed E-state index contributed by atoms with van der Waals surface area (Å²) in [6.07, 6.45) is 7.20. The minimum absolute atomic E-state index is 0.114. The highest BCUT2D eigenvalue weighted by Gasteiger charge is 2.24. The summed E-state index contributed by atoms with van der Waals surface area (Å²) < 4.78 is 0. The fourth-order valence-corrected chi connectivity index (χ4v) is 1.53. The lowest BCUT2D eigenvalue weighted by molar-refractivity contribution is 0.595. The Morgan fingerprint density at radius 1 is 1.46 bits per heavy atom. The van der Waals surface area contributed by atoms with E-state index in [2.05, 4.69) is 4.98 Å². The highest BCUT2D eigenvalue weighted by atomic mass is 14.7. The van der Waals surface area contributed by atoms with Crippen molar-refractivity contribution < 1.29 is 0 Å². The van der Waals surface area contributed by atoms with Crippen molar-refractivity contribution in [3.8, 4) is 0 Å². The van der Waals surface area contributed by atoms with Gasteiger partial charge in [-0.1, -0.05) is 12.8 Å². The zero-order valence-electron chi connectivity index (χ0n) is 7.61. The third kappa shape index (κ3) is 2.18. The molecule has 0 aromatic carbocycles. The molecule has 70 valence electrons. The second-order valence-corrected chi connectivity index (χ2v) is 3.84. The molecule has 0 saturated heterocycles. The third-order valence-electron chi connectivity index (χ3n) is 2.49. The molecule has 1 aromatic heterocycles. The first-order valence-corrected chi connectivity index (χ1v) is 4.71. The molecule has 0 aliphatic heterocycles. The molecule has 0 bridgehead atoms. The Morgan fingerprint density at radius 2 is 2.23 bits per heavy atom. The van der Waals surface area contributed by atoms with E-state index in [0.717, 1.165) is 17.9 Å². The van der Waals surface area contributed by atoms with Crippen LogP contribution in [0.4, 0.5) is 5.69 Å². The topological polar surface area (TPSA) is 64.9 Å². The van der Waals surface area contributed by atoms with E-state index in [1.54, 1.807) is 6.20 Å². The number of pyridine rings is 1. The van der Waals surface area contributed by atoms with Crippen LogP contribution < -0.4 is 11.5 Å². The summed E-state index contributed by atoms with van der Waals surface area (Å²) in [5, 5.41) is 0. The zero-order valence-corrected chi connectivity index (χ0v) is 7.61. The Balaban J connectivity index is 2.04. The number of nitrogens with two attached hydrogens (primary N) is 2. The fraction of sp³-hybridized carbons (Fsp3) is 0.500. The summed E-state index contributed by atoms with van der Waals surface area (Å²) in [6, 6.07) is 2.03. The second kappa shape index (κ2) is 3.34. The summed E-state index contributed by atoms with van der Waals surface area (Å²) >= 11 is 0. The lowest BCUT2D eigenvalue weighted by atomic mass is 10.0. The Hall–Kier alpha value is -1.09. The minimum Gasteiger partial charge on any atom is -0.397 e. The van der Waals surface area contributed by atoms with E-state index in [1.807, 2.05) is 12.3 Å². The van der Waals surface area contributed by atoms with Gasteiger partial charge in [0.25, 0.3) is 0 Å². The van der Waals surface area contributed by atoms with E-state index >= 15 is 0 Å². The maximum Gasteiger partial charge on any atom is 0.0503 e. The van der Waals surface area contributed by atoms with Crippen LogP contribution in [0.15, 0.2) is 18.5 Å². The van der Waals surface area contributed by atoms with Gasteiger partial charge >= 0.3 is 0 Å². The molecule has 0 amide bonds. The van der Waals surface area contributed by atoms with Gasteiger partial charge in [0, 0.05) is 18.4 Å². The van der Waals surface area contributed by atoms with Crippen LogP contribution in [-0.2, 0) is 0 Å². The quantitative estimate of drug-likeness (QED) is 0.734. The van der Waals surface area contributed by atoms with E-state index in [0.29, 0.717) is 5.69 Å². The van der Waals surface area contributed by atoms with Crippen molar-refractivity contribution in [2.45, 2.75) is 25.3 Å². The molecule has 2 rings (SSSR count). The van der Waals surface area contributed by atoms with Crippen molar-refractivity contribution in [3.63, 3.8) is 0 Å². The van der Waals surface area contributed by atoms with Crippen LogP contribution >= 0.6 is 0 Å². The normalized spacial score (nSPS) is 18.5. The molecular weight excluding hydrogens is 162 g/mol. The molecule has 1 saturated carbocycles. The van der Waals surface area contributed by atoms with Crippen LogP contribution in [0.1, 0.15) is 30.9 Å². The molecule has 1 fully saturated rings. The maximum absolute atomic E-state index is 6.01. The van der Waals surface area contributed by atoms with Crippen LogP contribution in [0.25, 0.3) is 0 Å². The van der Waals surface area contributed by atoms with Crippen LogP contribution in [0, 0.1) is 5.92 Å². The molecule has 1 atom stereocenters. The largest absolute Gasteiger partial charge is 0.397 e. The van der Waals surface area contributed by atoms with Gasteiger partial charge in [-0.05, 0) is 24.0 Å². The first kappa shape index (κ1) is 8.51. The summed E-state index contributed by atoms with van der Waals surface area (Å²) in [5.74, 6) is 0.844. The molecule has 3 nitrogen and oxygen atoms in total. The molecule has 0 spiro atoms. The van der Waals surface area contributed by atoms with Crippen LogP contribution in [0.5, 0.6) is 0 Å². The SMILES string of the molecule is Nc1cncc([C@H](N)CC2CC2)c1. The monoisotopic (exact) mass is 177 g/mol. The lowest BCUT2D eigenvalue weighted by Gasteiger charge is -2.10. The zero-order chi connectivity index (χ0) is 9.26. The van der Waals surface area contributed by atoms with Gasteiger partial charge in [-0.15, -0.1) is 0 Å². The van der Waals surface area contributed by atoms with Crippen molar-refractivity contribution in [3.05, 3.63) is 24.0 Å². The second-order valence-electron chi connectivity index (χ2n) is 3.84. The van der Waals surface area contributed by atoms with Crippen molar-refractivity contribution in [2.75, 3.05) is 5.73 Å². The van der Waals surface area contributed by atoms with Crippen molar-refractivity contribution in [1.29, 1.82) is 0 Å². The van der Waals surface area contributed by atoms with Gasteiger partial charge in [0.1, 0.15) is 0 Å². The first-order valence-electron chi connectivity index (χ1n) is 4.71. The van der Waals surface area contributed by atoms with Gasteiger partial charge in [-0.3, -0.25) is 4.98 Å². The van der Waals surface area contributed by atoms with Gasteiger partial charge in [-0.25, -0.2) is 0 Å². The van der Waals surface area contributed by atoms with E-state index in [9.17, 15) is 0 Å². The lowest BCUT2D eigenvalue weighted by Crippen LogP contribution is -2.11. The van der Waals surface area contributed by atoms with Crippen LogP contribution in [0.3, 0.4) is 0 Å². The molecule has 3 heteroatoms. The summed E-state index contributed by atoms with van der Waals surface area (Å²) in [6.45, 7) is 0. The Labute approximate surface area is 78.1 Å². The molecule has 1 aliphatic rings. The minimum atomic E-state index is 0.114. The van der Waals surface area contributed by atoms with E-state index < -0.39 is 0 Å². The first-order chi connectivity index (χ1) is 6.25. The van der Waals surface area contributed by atoms with Crippen LogP contribution in [-0.4, -0.2) is 4.98 Å². The van der Waals surface area contributed by atoms with Crippen LogP contribution in [0.2, 0.25) is 0 Å². The van der Waals surface area contributed by atoms with Gasteiger partial charge in [0.15, 0.2) is 0 Å². The number of rotatable bonds is 3. The number of hydrogen-bond donors (Lipinski definition) is 2. The molecule has 1 heterocycles. The average Bonchev–Trinajstić information content (AvgIpc) is 2.88. The Kier molecular flexibility index (Phi) is 2.19. The number of hydrogen-bond acceptors (Lipinski definition) is 3. The van der Waals surface area contributed by atoms with E-state index in [1.165, 1.54) is 12.8 Å². The maximum atomic E-state index is 6.01. The van der Waals surface area contributed by atoms with Crippen molar-refractivity contribution >= 4 is 5.69 Å². The fourth-order valence-electron chi connectivity index (χ4n) is 1.53. The number of nitrogen functional groups attached to an aromatic ring is 1. The molecular formula is C10H15N3. The number of nitrogens with zero attached hydrogens (tertiary/aromatic N) is 1. The van der Waals surface area contributed by atoms with Gasteiger partial charge < -0.3 is 11.5 Å².